The van der Waals surface area contributed by atoms with E-state index in [2.05, 4.69) is 36.2 Å². The van der Waals surface area contributed by atoms with Crippen molar-refractivity contribution in [2.45, 2.75) is 84.0 Å². The number of nitrogens with one attached hydrogen (secondary N) is 2. The largest absolute Gasteiger partial charge is 0.350 e. The Kier molecular flexibility index (Phi) is 17.8. The predicted molar refractivity (Wildman–Crippen MR) is 333 cm³/mol. The van der Waals surface area contributed by atoms with Crippen molar-refractivity contribution in [3.63, 3.8) is 0 Å². The molecule has 25 heteroatoms. The SMILES string of the molecule is CC(F)n1ccc2c1-c1ccnc(c1)[C@@H](c1cn(C)c(-c3cc(Cl)ccc3-n3cc(Cl)nn3)cc1=O)CCC[C@@H](C)C(=O)N2.C[C@@H]1CCC[C@@H](c2cn(C)c(-c3cc(Cl)ccc3-n3cc(Cl)nn3)cc2=O)c2cc(ccn2)-c2c(ccn2C(F)F)NC1=O. The van der Waals surface area contributed by atoms with Crippen molar-refractivity contribution < 1.29 is 22.8 Å². The Bertz CT molecular complexity index is 4140. The fourth-order valence-corrected chi connectivity index (χ4v) is 12.2. The van der Waals surface area contributed by atoms with Gasteiger partial charge in [-0.25, -0.2) is 13.8 Å². The van der Waals surface area contributed by atoms with Crippen molar-refractivity contribution in [2.75, 3.05) is 10.6 Å². The average Bonchev–Trinajstić information content (AvgIpc) is 1.77. The summed E-state index contributed by atoms with van der Waals surface area (Å²) >= 11 is 24.8. The van der Waals surface area contributed by atoms with E-state index in [9.17, 15) is 32.3 Å². The third-order valence-corrected chi connectivity index (χ3v) is 16.9. The minimum atomic E-state index is -2.82. The van der Waals surface area contributed by atoms with E-state index >= 15 is 0 Å². The maximum absolute atomic E-state index is 14.7. The molecule has 0 fully saturated rings. The van der Waals surface area contributed by atoms with Gasteiger partial charge in [-0.05, 0) is 105 Å². The molecule has 5 atom stereocenters. The van der Waals surface area contributed by atoms with E-state index in [4.69, 9.17) is 51.4 Å². The van der Waals surface area contributed by atoms with Gasteiger partial charge in [-0.1, -0.05) is 83.5 Å². The van der Waals surface area contributed by atoms with Crippen LogP contribution in [0.15, 0.2) is 144 Å². The molecule has 0 radical (unpaired) electrons. The Morgan fingerprint density at radius 3 is 1.39 bits per heavy atom. The van der Waals surface area contributed by atoms with E-state index in [0.29, 0.717) is 133 Å². The van der Waals surface area contributed by atoms with Crippen molar-refractivity contribution in [2.24, 2.45) is 25.9 Å². The summed E-state index contributed by atoms with van der Waals surface area (Å²) in [5.41, 5.74) is 8.45. The van der Waals surface area contributed by atoms with Gasteiger partial charge in [0.2, 0.25) is 11.8 Å². The highest BCUT2D eigenvalue weighted by atomic mass is 35.5. The number of aromatic nitrogens is 12. The summed E-state index contributed by atoms with van der Waals surface area (Å²) in [7, 11) is 3.69. The Hall–Kier alpha value is -8.63. The van der Waals surface area contributed by atoms with Crippen LogP contribution in [0.1, 0.15) is 106 Å². The number of halogens is 7. The number of carbonyl (C=O) groups excluding carboxylic acids is 2. The highest BCUT2D eigenvalue weighted by Crippen LogP contribution is 2.40. The van der Waals surface area contributed by atoms with Crippen molar-refractivity contribution in [3.8, 4) is 56.4 Å². The van der Waals surface area contributed by atoms with Crippen LogP contribution in [-0.4, -0.2) is 70.0 Å². The molecular formula is C63H57Cl4F3N14O4. The van der Waals surface area contributed by atoms with Crippen LogP contribution in [0.2, 0.25) is 20.4 Å². The lowest BCUT2D eigenvalue weighted by Crippen LogP contribution is -2.22. The molecular weight excluding hydrogens is 1220 g/mol. The summed E-state index contributed by atoms with van der Waals surface area (Å²) in [6.45, 7) is 2.30. The number of pyridine rings is 4. The standard InChI is InChI=1S/C32H30Cl2FN7O2.C31H27Cl2F2N7O2/c1-18-5-4-6-22(26-13-20(9-11-36-26)31-25(37-32(18)44)10-12-41(31)19(2)35)24-16-40(3)28(15-29(24)43)23-14-21(33)7-8-27(23)42-17-30(34)38-39-42;1-17-4-3-5-20(24-12-18(8-10-36-24)29-23(37-30(17)44)9-11-41(29)31(34)35)22-15-40(2)26(14-27(22)43)21-13-19(32)6-7-25(21)42-16-28(33)38-39-42/h7-19,22H,4-6H2,1-3H3,(H,37,44);6-17,20,31H,3-5H2,1-2H3,(H,37,44)/t18-,19?,22-;17-,20+/m11/s1. The van der Waals surface area contributed by atoms with Crippen LogP contribution in [0.4, 0.5) is 24.5 Å². The molecule has 2 aromatic carbocycles. The fraction of sp³-hybridized carbons (Fsp3) is 0.270. The van der Waals surface area contributed by atoms with Crippen molar-refractivity contribution in [3.05, 3.63) is 198 Å². The predicted octanol–water partition coefficient (Wildman–Crippen LogP) is 14.3. The van der Waals surface area contributed by atoms with E-state index in [-0.39, 0.29) is 56.4 Å². The quantitative estimate of drug-likeness (QED) is 0.148. The van der Waals surface area contributed by atoms with Gasteiger partial charge in [0, 0.05) is 142 Å². The van der Waals surface area contributed by atoms with E-state index in [0.717, 1.165) is 4.57 Å². The van der Waals surface area contributed by atoms with Gasteiger partial charge in [-0.3, -0.25) is 33.7 Å². The second kappa shape index (κ2) is 25.6. The van der Waals surface area contributed by atoms with Gasteiger partial charge >= 0.3 is 6.55 Å². The first-order valence-electron chi connectivity index (χ1n) is 28.3. The maximum Gasteiger partial charge on any atom is 0.319 e. The zero-order valence-electron chi connectivity index (χ0n) is 48.1. The van der Waals surface area contributed by atoms with E-state index in [1.807, 2.05) is 42.4 Å². The molecule has 452 valence electrons. The minimum absolute atomic E-state index is 0.131. The van der Waals surface area contributed by atoms with Gasteiger partial charge in [0.05, 0.1) is 57.9 Å². The monoisotopic (exact) mass is 1270 g/mol. The molecule has 10 aromatic rings. The summed E-state index contributed by atoms with van der Waals surface area (Å²) in [6.07, 6.45) is 15.1. The van der Waals surface area contributed by atoms with Gasteiger partial charge in [-0.15, -0.1) is 10.2 Å². The van der Waals surface area contributed by atoms with Crippen molar-refractivity contribution >= 4 is 69.6 Å². The van der Waals surface area contributed by atoms with E-state index in [1.165, 1.54) is 33.1 Å². The number of hydrogen-bond donors (Lipinski definition) is 2. The molecule has 88 heavy (non-hydrogen) atoms. The first-order valence-corrected chi connectivity index (χ1v) is 29.8. The molecule has 0 saturated carbocycles. The van der Waals surface area contributed by atoms with Crippen molar-refractivity contribution in [1.82, 2.24) is 58.2 Å². The molecule has 0 aliphatic carbocycles. The molecule has 2 aliphatic rings. The molecule has 2 N–H and O–H groups in total. The lowest BCUT2D eigenvalue weighted by atomic mass is 9.87. The van der Waals surface area contributed by atoms with Crippen LogP contribution in [-0.2, 0) is 23.7 Å². The van der Waals surface area contributed by atoms with Crippen LogP contribution in [0.5, 0.6) is 0 Å². The van der Waals surface area contributed by atoms with Gasteiger partial charge in [0.25, 0.3) is 0 Å². The third-order valence-electron chi connectivity index (χ3n) is 16.1. The van der Waals surface area contributed by atoms with Crippen LogP contribution >= 0.6 is 46.4 Å². The normalized spacial score (nSPS) is 17.4. The van der Waals surface area contributed by atoms with Crippen molar-refractivity contribution in [1.29, 1.82) is 0 Å². The molecule has 0 saturated heterocycles. The van der Waals surface area contributed by atoms with E-state index < -0.39 is 18.8 Å². The first kappa shape index (κ1) is 61.0. The highest BCUT2D eigenvalue weighted by molar-refractivity contribution is 6.31. The molecule has 1 unspecified atom stereocenters. The molecule has 18 nitrogen and oxygen atoms in total. The van der Waals surface area contributed by atoms with Crippen LogP contribution in [0.3, 0.4) is 0 Å². The fourth-order valence-electron chi connectivity index (χ4n) is 11.6. The zero-order chi connectivity index (χ0) is 62.2. The second-order valence-electron chi connectivity index (χ2n) is 22.0. The third kappa shape index (κ3) is 12.6. The second-order valence-corrected chi connectivity index (χ2v) is 23.6. The lowest BCUT2D eigenvalue weighted by molar-refractivity contribution is -0.120. The smallest absolute Gasteiger partial charge is 0.319 e. The van der Waals surface area contributed by atoms with Gasteiger partial charge < -0.3 is 24.3 Å². The number of nitrogens with zero attached hydrogens (tertiary/aromatic N) is 12. The number of benzene rings is 2. The summed E-state index contributed by atoms with van der Waals surface area (Å²) < 4.78 is 51.8. The number of alkyl halides is 3. The summed E-state index contributed by atoms with van der Waals surface area (Å²) in [6, 6.07) is 23.9. The summed E-state index contributed by atoms with van der Waals surface area (Å²) in [5, 5.41) is 23.1. The van der Waals surface area contributed by atoms with Gasteiger partial charge in [-0.2, -0.15) is 8.78 Å². The Morgan fingerprint density at radius 2 is 0.977 bits per heavy atom. The molecule has 10 heterocycles. The van der Waals surface area contributed by atoms with Crippen LogP contribution in [0.25, 0.3) is 56.4 Å². The Balaban J connectivity index is 0.000000182. The number of aryl methyl sites for hydroxylation is 2. The Morgan fingerprint density at radius 1 is 0.545 bits per heavy atom. The van der Waals surface area contributed by atoms with Gasteiger partial charge in [0.1, 0.15) is 0 Å². The highest BCUT2D eigenvalue weighted by Gasteiger charge is 2.29. The molecule has 4 bridgehead atoms. The van der Waals surface area contributed by atoms with Crippen LogP contribution in [0, 0.1) is 11.8 Å². The molecule has 8 aromatic heterocycles. The first-order chi connectivity index (χ1) is 42.2. The Labute approximate surface area is 522 Å². The number of amides is 2. The van der Waals surface area contributed by atoms with Gasteiger partial charge in [0.15, 0.2) is 27.5 Å². The summed E-state index contributed by atoms with van der Waals surface area (Å²) in [5.74, 6) is -1.86. The number of fused-ring (bicyclic) bond motifs is 8. The minimum Gasteiger partial charge on any atom is -0.350 e. The molecule has 12 rings (SSSR count). The number of anilines is 2. The topological polar surface area (TPSA) is 199 Å². The average molecular weight is 1270 g/mol. The number of carbonyl (C=O) groups is 2. The molecule has 0 spiro atoms. The molecule has 2 amide bonds. The molecule has 2 aliphatic heterocycles. The lowest BCUT2D eigenvalue weighted by Gasteiger charge is -2.22. The zero-order valence-corrected chi connectivity index (χ0v) is 51.1. The number of hydrogen-bond acceptors (Lipinski definition) is 10. The van der Waals surface area contributed by atoms with E-state index in [1.54, 1.807) is 117 Å². The maximum atomic E-state index is 14.7. The summed E-state index contributed by atoms with van der Waals surface area (Å²) in [4.78, 5) is 63.2. The number of rotatable bonds is 8. The van der Waals surface area contributed by atoms with Crippen LogP contribution < -0.4 is 21.5 Å².